The highest BCUT2D eigenvalue weighted by atomic mass is 32.1. The molecule has 0 spiro atoms. The minimum absolute atomic E-state index is 0.287. The summed E-state index contributed by atoms with van der Waals surface area (Å²) in [6.45, 7) is 3.06. The van der Waals surface area contributed by atoms with Crippen LogP contribution in [0.25, 0.3) is 10.7 Å². The highest BCUT2D eigenvalue weighted by Crippen LogP contribution is 2.27. The van der Waals surface area contributed by atoms with Crippen molar-refractivity contribution in [3.63, 3.8) is 0 Å². The maximum absolute atomic E-state index is 12.2. The Hall–Kier alpha value is -2.81. The van der Waals surface area contributed by atoms with Gasteiger partial charge in [-0.25, -0.2) is 14.6 Å². The maximum atomic E-state index is 12.2. The summed E-state index contributed by atoms with van der Waals surface area (Å²) in [7, 11) is 1.37. The summed E-state index contributed by atoms with van der Waals surface area (Å²) in [5, 5.41) is 4.87. The van der Waals surface area contributed by atoms with E-state index in [0.717, 1.165) is 11.3 Å². The molecule has 0 saturated heterocycles. The molecule has 3 amide bonds. The number of esters is 1. The molecule has 2 N–H and O–H groups in total. The zero-order chi connectivity index (χ0) is 17.7. The smallest absolute Gasteiger partial charge is 0.351 e. The molecule has 0 aliphatic heterocycles. The second kappa shape index (κ2) is 7.64. The molecule has 2 aromatic rings. The van der Waals surface area contributed by atoms with E-state index in [-0.39, 0.29) is 4.88 Å². The average Bonchev–Trinajstić information content (AvgIpc) is 2.97. The van der Waals surface area contributed by atoms with E-state index in [2.05, 4.69) is 15.3 Å². The van der Waals surface area contributed by atoms with Gasteiger partial charge in [0, 0.05) is 13.2 Å². The molecular formula is C15H16N4O4S. The molecule has 126 valence electrons. The van der Waals surface area contributed by atoms with E-state index >= 15 is 0 Å². The summed E-state index contributed by atoms with van der Waals surface area (Å²) in [6, 6.07) is 4.72. The highest BCUT2D eigenvalue weighted by Gasteiger charge is 2.24. The van der Waals surface area contributed by atoms with Gasteiger partial charge in [0.1, 0.15) is 9.88 Å². The van der Waals surface area contributed by atoms with Crippen LogP contribution in [0.1, 0.15) is 22.3 Å². The van der Waals surface area contributed by atoms with Crippen LogP contribution in [0.5, 0.6) is 0 Å². The van der Waals surface area contributed by atoms with Crippen molar-refractivity contribution < 1.29 is 19.1 Å². The van der Waals surface area contributed by atoms with Crippen molar-refractivity contribution in [2.75, 3.05) is 7.05 Å². The van der Waals surface area contributed by atoms with Gasteiger partial charge < -0.3 is 10.1 Å². The van der Waals surface area contributed by atoms with Gasteiger partial charge in [0.2, 0.25) is 0 Å². The van der Waals surface area contributed by atoms with Gasteiger partial charge in [0.15, 0.2) is 6.10 Å². The largest absolute Gasteiger partial charge is 0.448 e. The van der Waals surface area contributed by atoms with E-state index < -0.39 is 24.0 Å². The Labute approximate surface area is 142 Å². The van der Waals surface area contributed by atoms with Crippen molar-refractivity contribution in [1.29, 1.82) is 0 Å². The number of nitrogens with one attached hydrogen (secondary N) is 2. The van der Waals surface area contributed by atoms with Crippen molar-refractivity contribution in [2.45, 2.75) is 20.0 Å². The number of pyridine rings is 1. The first-order valence-electron chi connectivity index (χ1n) is 7.04. The highest BCUT2D eigenvalue weighted by molar-refractivity contribution is 7.17. The van der Waals surface area contributed by atoms with Gasteiger partial charge in [0.05, 0.1) is 11.4 Å². The summed E-state index contributed by atoms with van der Waals surface area (Å²) in [6.07, 6.45) is 0.518. The topological polar surface area (TPSA) is 110 Å². The third-order valence-corrected chi connectivity index (χ3v) is 4.14. The molecule has 8 nitrogen and oxygen atoms in total. The molecule has 0 unspecified atom stereocenters. The van der Waals surface area contributed by atoms with Crippen molar-refractivity contribution >= 4 is 29.2 Å². The number of hydrogen-bond donors (Lipinski definition) is 2. The molecule has 9 heteroatoms. The number of urea groups is 1. The van der Waals surface area contributed by atoms with E-state index in [1.54, 1.807) is 25.3 Å². The lowest BCUT2D eigenvalue weighted by Gasteiger charge is -2.12. The second-order valence-electron chi connectivity index (χ2n) is 4.76. The molecule has 24 heavy (non-hydrogen) atoms. The number of carbonyl (C=O) groups is 3. The molecule has 0 bridgehead atoms. The average molecular weight is 348 g/mol. The molecule has 0 saturated carbocycles. The number of hydrogen-bond acceptors (Lipinski definition) is 7. The first-order valence-corrected chi connectivity index (χ1v) is 7.86. The van der Waals surface area contributed by atoms with Crippen LogP contribution in [-0.2, 0) is 9.53 Å². The maximum Gasteiger partial charge on any atom is 0.351 e. The van der Waals surface area contributed by atoms with E-state index in [0.29, 0.717) is 16.4 Å². The Morgan fingerprint density at radius 3 is 2.67 bits per heavy atom. The van der Waals surface area contributed by atoms with Crippen molar-refractivity contribution in [3.8, 4) is 10.7 Å². The predicted octanol–water partition coefficient (Wildman–Crippen LogP) is 1.51. The summed E-state index contributed by atoms with van der Waals surface area (Å²) in [5.74, 6) is -1.39. The molecular weight excluding hydrogens is 332 g/mol. The number of nitrogens with zero attached hydrogens (tertiary/aromatic N) is 2. The van der Waals surface area contributed by atoms with Crippen LogP contribution in [0.3, 0.4) is 0 Å². The Bertz CT molecular complexity index is 760. The minimum Gasteiger partial charge on any atom is -0.448 e. The van der Waals surface area contributed by atoms with Crippen LogP contribution >= 0.6 is 11.3 Å². The standard InChI is InChI=1S/C15H16N4O4S/c1-8-11(24-13(18-8)10-6-4-5-7-17-10)14(21)23-9(2)12(20)19-15(22)16-3/h4-7,9H,1-3H3,(H2,16,19,20,22)/t9-/m0/s1. The van der Waals surface area contributed by atoms with E-state index in [4.69, 9.17) is 4.74 Å². The SMILES string of the molecule is CNC(=O)NC(=O)[C@H](C)OC(=O)c1sc(-c2ccccn2)nc1C. The number of rotatable bonds is 4. The Balaban J connectivity index is 2.09. The van der Waals surface area contributed by atoms with Crippen LogP contribution in [0, 0.1) is 6.92 Å². The summed E-state index contributed by atoms with van der Waals surface area (Å²) in [4.78, 5) is 43.8. The van der Waals surface area contributed by atoms with Gasteiger partial charge >= 0.3 is 12.0 Å². The molecule has 1 atom stereocenters. The molecule has 0 aliphatic rings. The Morgan fingerprint density at radius 2 is 2.04 bits per heavy atom. The molecule has 2 aromatic heterocycles. The number of amides is 3. The number of carbonyl (C=O) groups excluding carboxylic acids is 3. The summed E-state index contributed by atoms with van der Waals surface area (Å²) >= 11 is 1.13. The van der Waals surface area contributed by atoms with Crippen molar-refractivity contribution in [2.24, 2.45) is 0 Å². The summed E-state index contributed by atoms with van der Waals surface area (Å²) in [5.41, 5.74) is 1.14. The third-order valence-electron chi connectivity index (χ3n) is 2.98. The Kier molecular flexibility index (Phi) is 5.59. The zero-order valence-corrected chi connectivity index (χ0v) is 14.1. The fourth-order valence-corrected chi connectivity index (χ4v) is 2.65. The lowest BCUT2D eigenvalue weighted by atomic mass is 10.3. The summed E-state index contributed by atoms with van der Waals surface area (Å²) < 4.78 is 5.09. The van der Waals surface area contributed by atoms with E-state index in [9.17, 15) is 14.4 Å². The first-order chi connectivity index (χ1) is 11.4. The fourth-order valence-electron chi connectivity index (χ4n) is 1.73. The number of aryl methyl sites for hydroxylation is 1. The normalized spacial score (nSPS) is 11.5. The molecule has 2 heterocycles. The van der Waals surface area contributed by atoms with Crippen LogP contribution in [0.4, 0.5) is 4.79 Å². The number of thiazole rings is 1. The molecule has 0 aliphatic carbocycles. The Morgan fingerprint density at radius 1 is 1.29 bits per heavy atom. The zero-order valence-electron chi connectivity index (χ0n) is 13.3. The van der Waals surface area contributed by atoms with Crippen molar-refractivity contribution in [1.82, 2.24) is 20.6 Å². The molecule has 0 fully saturated rings. The van der Waals surface area contributed by atoms with Crippen LogP contribution < -0.4 is 10.6 Å². The fraction of sp³-hybridized carbons (Fsp3) is 0.267. The van der Waals surface area contributed by atoms with E-state index in [1.807, 2.05) is 11.4 Å². The number of imide groups is 1. The van der Waals surface area contributed by atoms with Gasteiger partial charge in [-0.05, 0) is 26.0 Å². The van der Waals surface area contributed by atoms with Gasteiger partial charge in [-0.2, -0.15) is 0 Å². The molecule has 0 radical (unpaired) electrons. The van der Waals surface area contributed by atoms with Crippen molar-refractivity contribution in [3.05, 3.63) is 35.0 Å². The minimum atomic E-state index is -1.12. The molecule has 2 rings (SSSR count). The quantitative estimate of drug-likeness (QED) is 0.811. The molecule has 0 aromatic carbocycles. The van der Waals surface area contributed by atoms with Crippen LogP contribution in [0.2, 0.25) is 0 Å². The first kappa shape index (κ1) is 17.5. The second-order valence-corrected chi connectivity index (χ2v) is 5.76. The van der Waals surface area contributed by atoms with Gasteiger partial charge in [0.25, 0.3) is 5.91 Å². The predicted molar refractivity (Wildman–Crippen MR) is 87.6 cm³/mol. The lowest BCUT2D eigenvalue weighted by molar-refractivity contribution is -0.127. The van der Waals surface area contributed by atoms with Gasteiger partial charge in [-0.15, -0.1) is 11.3 Å². The van der Waals surface area contributed by atoms with Crippen LogP contribution in [-0.4, -0.2) is 41.0 Å². The lowest BCUT2D eigenvalue weighted by Crippen LogP contribution is -2.43. The number of aromatic nitrogens is 2. The van der Waals surface area contributed by atoms with Crippen LogP contribution in [0.15, 0.2) is 24.4 Å². The van der Waals surface area contributed by atoms with E-state index in [1.165, 1.54) is 14.0 Å². The number of ether oxygens (including phenoxy) is 1. The monoisotopic (exact) mass is 348 g/mol. The van der Waals surface area contributed by atoms with Gasteiger partial charge in [-0.3, -0.25) is 15.1 Å². The third kappa shape index (κ3) is 4.13. The van der Waals surface area contributed by atoms with Gasteiger partial charge in [-0.1, -0.05) is 6.07 Å².